The maximum absolute atomic E-state index is 12.4. The van der Waals surface area contributed by atoms with Gasteiger partial charge < -0.3 is 5.32 Å². The number of nitrogens with zero attached hydrogens (tertiary/aromatic N) is 4. The molecule has 1 aromatic carbocycles. The van der Waals surface area contributed by atoms with E-state index in [0.717, 1.165) is 4.90 Å². The first-order valence-electron chi connectivity index (χ1n) is 6.64. The molecule has 0 saturated heterocycles. The van der Waals surface area contributed by atoms with Gasteiger partial charge in [-0.1, -0.05) is 11.6 Å². The van der Waals surface area contributed by atoms with Crippen LogP contribution in [0.4, 0.5) is 5.69 Å². The van der Waals surface area contributed by atoms with E-state index in [1.165, 1.54) is 10.9 Å². The number of hydrogen-bond donors (Lipinski definition) is 1. The molecule has 1 amide bonds. The Morgan fingerprint density at radius 3 is 2.83 bits per heavy atom. The van der Waals surface area contributed by atoms with Gasteiger partial charge in [0.15, 0.2) is 0 Å². The third kappa shape index (κ3) is 3.52. The molecule has 0 spiro atoms. The Labute approximate surface area is 141 Å². The van der Waals surface area contributed by atoms with Crippen LogP contribution < -0.4 is 5.32 Å². The molecule has 0 bridgehead atoms. The van der Waals surface area contributed by atoms with E-state index in [1.807, 2.05) is 12.3 Å². The number of thioether (sulfide) groups is 1. The van der Waals surface area contributed by atoms with Crippen molar-refractivity contribution in [2.45, 2.75) is 4.90 Å². The molecule has 0 fully saturated rings. The summed E-state index contributed by atoms with van der Waals surface area (Å²) in [5.74, 6) is 0.134. The molecule has 3 aromatic rings. The molecule has 0 aliphatic rings. The van der Waals surface area contributed by atoms with Crippen LogP contribution in [-0.4, -0.2) is 31.9 Å². The van der Waals surface area contributed by atoms with Crippen LogP contribution in [0.15, 0.2) is 53.9 Å². The minimum absolute atomic E-state index is 0.292. The van der Waals surface area contributed by atoms with Crippen molar-refractivity contribution in [3.63, 3.8) is 0 Å². The Bertz CT molecular complexity index is 837. The Morgan fingerprint density at radius 1 is 1.30 bits per heavy atom. The zero-order valence-corrected chi connectivity index (χ0v) is 13.7. The van der Waals surface area contributed by atoms with Crippen LogP contribution in [0, 0.1) is 0 Å². The molecule has 0 saturated carbocycles. The van der Waals surface area contributed by atoms with E-state index in [9.17, 15) is 4.79 Å². The first-order valence-corrected chi connectivity index (χ1v) is 8.24. The molecule has 3 rings (SSSR count). The average molecular weight is 346 g/mol. The summed E-state index contributed by atoms with van der Waals surface area (Å²) in [4.78, 5) is 21.5. The molecule has 0 unspecified atom stereocenters. The quantitative estimate of drug-likeness (QED) is 0.734. The lowest BCUT2D eigenvalue weighted by atomic mass is 10.2. The Kier molecular flexibility index (Phi) is 4.59. The average Bonchev–Trinajstić information content (AvgIpc) is 3.04. The van der Waals surface area contributed by atoms with Gasteiger partial charge in [0.1, 0.15) is 0 Å². The maximum atomic E-state index is 12.4. The summed E-state index contributed by atoms with van der Waals surface area (Å²) in [6.45, 7) is 0. The minimum atomic E-state index is -0.292. The van der Waals surface area contributed by atoms with E-state index in [-0.39, 0.29) is 5.91 Å². The van der Waals surface area contributed by atoms with Crippen LogP contribution >= 0.6 is 23.4 Å². The zero-order chi connectivity index (χ0) is 16.2. The minimum Gasteiger partial charge on any atom is -0.319 e. The van der Waals surface area contributed by atoms with E-state index in [4.69, 9.17) is 11.6 Å². The van der Waals surface area contributed by atoms with Crippen molar-refractivity contribution in [1.82, 2.24) is 19.7 Å². The van der Waals surface area contributed by atoms with Crippen LogP contribution in [0.1, 0.15) is 10.4 Å². The summed E-state index contributed by atoms with van der Waals surface area (Å²) >= 11 is 7.65. The molecule has 0 aliphatic carbocycles. The molecule has 2 aromatic heterocycles. The van der Waals surface area contributed by atoms with E-state index in [0.29, 0.717) is 22.2 Å². The van der Waals surface area contributed by atoms with Gasteiger partial charge in [-0.3, -0.25) is 4.79 Å². The van der Waals surface area contributed by atoms with Crippen LogP contribution in [0.3, 0.4) is 0 Å². The predicted molar refractivity (Wildman–Crippen MR) is 90.3 cm³/mol. The highest BCUT2D eigenvalue weighted by molar-refractivity contribution is 7.98. The first-order chi connectivity index (χ1) is 11.2. The number of anilines is 1. The third-order valence-corrected chi connectivity index (χ3v) is 4.07. The van der Waals surface area contributed by atoms with Gasteiger partial charge in [-0.05, 0) is 30.5 Å². The highest BCUT2D eigenvalue weighted by Gasteiger charge is 2.13. The molecule has 0 radical (unpaired) electrons. The second kappa shape index (κ2) is 6.80. The SMILES string of the molecule is CSc1ccc(Cl)c(C(=O)Nc2cnn(-c3ncccn3)c2)c1. The van der Waals surface area contributed by atoms with Gasteiger partial charge >= 0.3 is 0 Å². The number of hydrogen-bond acceptors (Lipinski definition) is 5. The van der Waals surface area contributed by atoms with Crippen molar-refractivity contribution in [1.29, 1.82) is 0 Å². The molecule has 23 heavy (non-hydrogen) atoms. The summed E-state index contributed by atoms with van der Waals surface area (Å²) in [5.41, 5.74) is 0.954. The van der Waals surface area contributed by atoms with Crippen LogP contribution in [0.25, 0.3) is 5.95 Å². The zero-order valence-electron chi connectivity index (χ0n) is 12.1. The van der Waals surface area contributed by atoms with E-state index in [2.05, 4.69) is 20.4 Å². The van der Waals surface area contributed by atoms with Gasteiger partial charge in [-0.2, -0.15) is 5.10 Å². The second-order valence-electron chi connectivity index (χ2n) is 4.52. The Hall–Kier alpha value is -2.38. The fourth-order valence-electron chi connectivity index (χ4n) is 1.91. The summed E-state index contributed by atoms with van der Waals surface area (Å²) in [5, 5.41) is 7.30. The van der Waals surface area contributed by atoms with Gasteiger partial charge in [0.2, 0.25) is 5.95 Å². The maximum Gasteiger partial charge on any atom is 0.257 e. The molecular weight excluding hydrogens is 334 g/mol. The Morgan fingerprint density at radius 2 is 2.09 bits per heavy atom. The van der Waals surface area contributed by atoms with Gasteiger partial charge in [-0.25, -0.2) is 14.6 Å². The van der Waals surface area contributed by atoms with Crippen molar-refractivity contribution in [3.8, 4) is 5.95 Å². The summed E-state index contributed by atoms with van der Waals surface area (Å²) in [6, 6.07) is 7.06. The molecular formula is C15H12ClN5OS. The topological polar surface area (TPSA) is 72.7 Å². The van der Waals surface area contributed by atoms with Gasteiger partial charge in [-0.15, -0.1) is 11.8 Å². The molecule has 8 heteroatoms. The highest BCUT2D eigenvalue weighted by atomic mass is 35.5. The lowest BCUT2D eigenvalue weighted by Crippen LogP contribution is -2.12. The second-order valence-corrected chi connectivity index (χ2v) is 5.81. The highest BCUT2D eigenvalue weighted by Crippen LogP contribution is 2.24. The van der Waals surface area contributed by atoms with Crippen molar-refractivity contribution in [2.75, 3.05) is 11.6 Å². The smallest absolute Gasteiger partial charge is 0.257 e. The van der Waals surface area contributed by atoms with E-state index >= 15 is 0 Å². The van der Waals surface area contributed by atoms with Crippen molar-refractivity contribution in [2.24, 2.45) is 0 Å². The number of halogens is 1. The van der Waals surface area contributed by atoms with Crippen LogP contribution in [-0.2, 0) is 0 Å². The van der Waals surface area contributed by atoms with Crippen molar-refractivity contribution < 1.29 is 4.79 Å². The van der Waals surface area contributed by atoms with Gasteiger partial charge in [0, 0.05) is 17.3 Å². The molecule has 6 nitrogen and oxygen atoms in total. The summed E-state index contributed by atoms with van der Waals surface area (Å²) in [6.07, 6.45) is 8.35. The monoisotopic (exact) mass is 345 g/mol. The number of rotatable bonds is 4. The number of nitrogens with one attached hydrogen (secondary N) is 1. The van der Waals surface area contributed by atoms with Gasteiger partial charge in [0.25, 0.3) is 5.91 Å². The molecule has 116 valence electrons. The number of amides is 1. The van der Waals surface area contributed by atoms with Crippen LogP contribution in [0.2, 0.25) is 5.02 Å². The number of aromatic nitrogens is 4. The van der Waals surface area contributed by atoms with Crippen molar-refractivity contribution >= 4 is 35.0 Å². The Balaban J connectivity index is 1.80. The van der Waals surface area contributed by atoms with Gasteiger partial charge in [0.05, 0.1) is 28.7 Å². The predicted octanol–water partition coefficient (Wildman–Crippen LogP) is 3.29. The van der Waals surface area contributed by atoms with Crippen molar-refractivity contribution in [3.05, 3.63) is 59.6 Å². The van der Waals surface area contributed by atoms with Crippen LogP contribution in [0.5, 0.6) is 0 Å². The summed E-state index contributed by atoms with van der Waals surface area (Å²) < 4.78 is 1.48. The number of carbonyl (C=O) groups excluding carboxylic acids is 1. The van der Waals surface area contributed by atoms with E-state index in [1.54, 1.807) is 48.6 Å². The summed E-state index contributed by atoms with van der Waals surface area (Å²) in [7, 11) is 0. The lowest BCUT2D eigenvalue weighted by Gasteiger charge is -2.06. The molecule has 0 atom stereocenters. The lowest BCUT2D eigenvalue weighted by molar-refractivity contribution is 0.102. The molecule has 2 heterocycles. The molecule has 0 aliphatic heterocycles. The standard InChI is InChI=1S/C15H12ClN5OS/c1-23-11-3-4-13(16)12(7-11)14(22)20-10-8-19-21(9-10)15-17-5-2-6-18-15/h2-9H,1H3,(H,20,22). The van der Waals surface area contributed by atoms with E-state index < -0.39 is 0 Å². The number of benzene rings is 1. The number of carbonyl (C=O) groups is 1. The third-order valence-electron chi connectivity index (χ3n) is 3.02. The largest absolute Gasteiger partial charge is 0.319 e. The normalized spacial score (nSPS) is 10.5. The molecule has 1 N–H and O–H groups in total. The fraction of sp³-hybridized carbons (Fsp3) is 0.0667. The first kappa shape index (κ1) is 15.5. The fourth-order valence-corrected chi connectivity index (χ4v) is 2.55.